The van der Waals surface area contributed by atoms with Gasteiger partial charge in [-0.3, -0.25) is 9.48 Å². The number of aryl methyl sites for hydroxylation is 2. The minimum atomic E-state index is -3.36. The Morgan fingerprint density at radius 3 is 2.64 bits per heavy atom. The van der Waals surface area contributed by atoms with Crippen LogP contribution in [0.2, 0.25) is 0 Å². The molecule has 14 heavy (non-hydrogen) atoms. The van der Waals surface area contributed by atoms with Gasteiger partial charge in [-0.25, -0.2) is 8.78 Å². The molecule has 1 aromatic rings. The molecule has 0 aliphatic heterocycles. The number of rotatable bonds is 3. The Balaban J connectivity index is 3.02. The van der Waals surface area contributed by atoms with Crippen molar-refractivity contribution in [3.63, 3.8) is 0 Å². The largest absolute Gasteiger partial charge is 0.481 e. The average Bonchev–Trinajstić information content (AvgIpc) is 2.27. The fourth-order valence-electron chi connectivity index (χ4n) is 1.24. The Hall–Kier alpha value is -1.46. The van der Waals surface area contributed by atoms with Gasteiger partial charge in [-0.2, -0.15) is 5.10 Å². The molecule has 1 heterocycles. The Morgan fingerprint density at radius 2 is 2.29 bits per heavy atom. The molecular weight excluding hydrogens is 194 g/mol. The Bertz CT molecular complexity index is 360. The molecule has 0 atom stereocenters. The van der Waals surface area contributed by atoms with E-state index in [9.17, 15) is 13.6 Å². The summed E-state index contributed by atoms with van der Waals surface area (Å²) in [5, 5.41) is 12.0. The van der Waals surface area contributed by atoms with Gasteiger partial charge in [0.05, 0.1) is 11.3 Å². The van der Waals surface area contributed by atoms with Crippen molar-refractivity contribution in [2.75, 3.05) is 0 Å². The van der Waals surface area contributed by atoms with Crippen LogP contribution >= 0.6 is 0 Å². The second kappa shape index (κ2) is 3.36. The molecule has 0 saturated heterocycles. The monoisotopic (exact) mass is 204 g/mol. The van der Waals surface area contributed by atoms with E-state index in [-0.39, 0.29) is 11.3 Å². The quantitative estimate of drug-likeness (QED) is 0.807. The first-order chi connectivity index (χ1) is 6.33. The number of alkyl halides is 2. The van der Waals surface area contributed by atoms with Gasteiger partial charge in [0.25, 0.3) is 5.92 Å². The number of hydrogen-bond acceptors (Lipinski definition) is 2. The Morgan fingerprint density at radius 1 is 1.71 bits per heavy atom. The first kappa shape index (κ1) is 10.6. The molecule has 1 N–H and O–H groups in total. The predicted octanol–water partition coefficient (Wildman–Crippen LogP) is 1.30. The minimum absolute atomic E-state index is 0.152. The molecule has 4 nitrogen and oxygen atoms in total. The van der Waals surface area contributed by atoms with Crippen LogP contribution in [0.15, 0.2) is 6.20 Å². The molecule has 0 bridgehead atoms. The fourth-order valence-corrected chi connectivity index (χ4v) is 1.24. The maximum Gasteiger partial charge on any atom is 0.309 e. The maximum atomic E-state index is 13.2. The minimum Gasteiger partial charge on any atom is -0.481 e. The molecule has 0 fully saturated rings. The highest BCUT2D eigenvalue weighted by Crippen LogP contribution is 2.33. The van der Waals surface area contributed by atoms with E-state index in [2.05, 4.69) is 5.10 Å². The van der Waals surface area contributed by atoms with E-state index in [1.807, 2.05) is 0 Å². The molecule has 0 aliphatic carbocycles. The fraction of sp³-hybridized carbons (Fsp3) is 0.500. The van der Waals surface area contributed by atoms with Crippen molar-refractivity contribution in [3.05, 3.63) is 17.5 Å². The average molecular weight is 204 g/mol. The first-order valence-electron chi connectivity index (χ1n) is 3.93. The zero-order valence-corrected chi connectivity index (χ0v) is 7.79. The normalized spacial score (nSPS) is 11.7. The zero-order valence-electron chi connectivity index (χ0n) is 7.79. The molecule has 0 unspecified atom stereocenters. The summed E-state index contributed by atoms with van der Waals surface area (Å²) in [5.74, 6) is -4.89. The lowest BCUT2D eigenvalue weighted by molar-refractivity contribution is -0.145. The van der Waals surface area contributed by atoms with Crippen molar-refractivity contribution in [2.24, 2.45) is 7.05 Å². The standard InChI is InChI=1S/C8H10F2N2O2/c1-5-6(4-12(2)11-5)8(9,10)3-7(13)14/h4H,3H2,1-2H3,(H,13,14). The third-order valence-electron chi connectivity index (χ3n) is 1.78. The van der Waals surface area contributed by atoms with Crippen LogP contribution in [0.5, 0.6) is 0 Å². The smallest absolute Gasteiger partial charge is 0.309 e. The molecule has 0 saturated carbocycles. The van der Waals surface area contributed by atoms with Crippen molar-refractivity contribution in [3.8, 4) is 0 Å². The van der Waals surface area contributed by atoms with Crippen molar-refractivity contribution >= 4 is 5.97 Å². The van der Waals surface area contributed by atoms with Crippen LogP contribution in [-0.2, 0) is 17.8 Å². The van der Waals surface area contributed by atoms with Crippen molar-refractivity contribution in [2.45, 2.75) is 19.3 Å². The topological polar surface area (TPSA) is 55.1 Å². The SMILES string of the molecule is Cc1nn(C)cc1C(F)(F)CC(=O)O. The number of aromatic nitrogens is 2. The highest BCUT2D eigenvalue weighted by molar-refractivity contribution is 5.68. The van der Waals surface area contributed by atoms with Gasteiger partial charge in [-0.1, -0.05) is 0 Å². The Kier molecular flexibility index (Phi) is 2.55. The van der Waals surface area contributed by atoms with Crippen LogP contribution < -0.4 is 0 Å². The maximum absolute atomic E-state index is 13.2. The molecule has 0 radical (unpaired) electrons. The number of carboxylic acid groups (broad SMARTS) is 1. The summed E-state index contributed by atoms with van der Waals surface area (Å²) in [6.07, 6.45) is -0.0716. The third-order valence-corrected chi connectivity index (χ3v) is 1.78. The third kappa shape index (κ3) is 2.07. The molecule has 0 spiro atoms. The summed E-state index contributed by atoms with van der Waals surface area (Å²) in [6, 6.07) is 0. The summed E-state index contributed by atoms with van der Waals surface area (Å²) in [4.78, 5) is 10.2. The number of carboxylic acids is 1. The molecular formula is C8H10F2N2O2. The molecule has 1 aromatic heterocycles. The summed E-state index contributed by atoms with van der Waals surface area (Å²) >= 11 is 0. The van der Waals surface area contributed by atoms with Gasteiger partial charge in [0.15, 0.2) is 0 Å². The van der Waals surface area contributed by atoms with Crippen molar-refractivity contribution < 1.29 is 18.7 Å². The number of aliphatic carboxylic acids is 1. The highest BCUT2D eigenvalue weighted by atomic mass is 19.3. The number of carbonyl (C=O) groups is 1. The van der Waals surface area contributed by atoms with E-state index in [1.165, 1.54) is 18.7 Å². The molecule has 0 aliphatic rings. The first-order valence-corrected chi connectivity index (χ1v) is 3.93. The van der Waals surface area contributed by atoms with Gasteiger partial charge in [0.1, 0.15) is 6.42 Å². The molecule has 0 amide bonds. The highest BCUT2D eigenvalue weighted by Gasteiger charge is 2.37. The molecule has 0 aromatic carbocycles. The second-order valence-corrected chi connectivity index (χ2v) is 3.08. The number of hydrogen-bond donors (Lipinski definition) is 1. The van der Waals surface area contributed by atoms with Gasteiger partial charge in [-0.05, 0) is 6.92 Å². The van der Waals surface area contributed by atoms with Crippen LogP contribution in [0.3, 0.4) is 0 Å². The molecule has 78 valence electrons. The Labute approximate surface area is 79.2 Å². The second-order valence-electron chi connectivity index (χ2n) is 3.08. The van der Waals surface area contributed by atoms with Gasteiger partial charge in [0.2, 0.25) is 0 Å². The van der Waals surface area contributed by atoms with Crippen LogP contribution in [0.1, 0.15) is 17.7 Å². The zero-order chi connectivity index (χ0) is 10.9. The molecule has 6 heteroatoms. The van der Waals surface area contributed by atoms with E-state index in [4.69, 9.17) is 5.11 Å². The lowest BCUT2D eigenvalue weighted by Crippen LogP contribution is -2.18. The van der Waals surface area contributed by atoms with Crippen LogP contribution in [0.4, 0.5) is 8.78 Å². The molecule has 1 rings (SSSR count). The van der Waals surface area contributed by atoms with Gasteiger partial charge < -0.3 is 5.11 Å². The number of halogens is 2. The van der Waals surface area contributed by atoms with Crippen LogP contribution in [0, 0.1) is 6.92 Å². The number of nitrogens with zero attached hydrogens (tertiary/aromatic N) is 2. The van der Waals surface area contributed by atoms with E-state index in [1.54, 1.807) is 0 Å². The van der Waals surface area contributed by atoms with Gasteiger partial charge in [-0.15, -0.1) is 0 Å². The van der Waals surface area contributed by atoms with E-state index < -0.39 is 18.3 Å². The van der Waals surface area contributed by atoms with Gasteiger partial charge in [0, 0.05) is 13.2 Å². The summed E-state index contributed by atoms with van der Waals surface area (Å²) in [5.41, 5.74) is -0.179. The summed E-state index contributed by atoms with van der Waals surface area (Å²) < 4.78 is 27.7. The summed E-state index contributed by atoms with van der Waals surface area (Å²) in [7, 11) is 1.51. The van der Waals surface area contributed by atoms with Crippen LogP contribution in [-0.4, -0.2) is 20.9 Å². The lowest BCUT2D eigenvalue weighted by Gasteiger charge is -2.12. The van der Waals surface area contributed by atoms with E-state index >= 15 is 0 Å². The lowest BCUT2D eigenvalue weighted by atomic mass is 10.1. The van der Waals surface area contributed by atoms with Gasteiger partial charge >= 0.3 is 5.97 Å². The predicted molar refractivity (Wildman–Crippen MR) is 44.1 cm³/mol. The van der Waals surface area contributed by atoms with E-state index in [0.29, 0.717) is 0 Å². The van der Waals surface area contributed by atoms with Crippen molar-refractivity contribution in [1.29, 1.82) is 0 Å². The van der Waals surface area contributed by atoms with E-state index in [0.717, 1.165) is 6.20 Å². The van der Waals surface area contributed by atoms with Crippen molar-refractivity contribution in [1.82, 2.24) is 9.78 Å². The van der Waals surface area contributed by atoms with Crippen LogP contribution in [0.25, 0.3) is 0 Å². The summed E-state index contributed by atoms with van der Waals surface area (Å²) in [6.45, 7) is 1.42.